The van der Waals surface area contributed by atoms with Crippen molar-refractivity contribution < 1.29 is 4.79 Å². The summed E-state index contributed by atoms with van der Waals surface area (Å²) in [6, 6.07) is 0.513. The number of carbonyl (C=O) groups is 1. The summed E-state index contributed by atoms with van der Waals surface area (Å²) in [6.07, 6.45) is 6.84. The van der Waals surface area contributed by atoms with E-state index in [1.165, 1.54) is 12.8 Å². The van der Waals surface area contributed by atoms with Gasteiger partial charge in [-0.3, -0.25) is 4.79 Å². The molecule has 0 aromatic carbocycles. The second-order valence-corrected chi connectivity index (χ2v) is 5.37. The van der Waals surface area contributed by atoms with Gasteiger partial charge < -0.3 is 10.2 Å². The molecule has 1 amide bonds. The highest BCUT2D eigenvalue weighted by atomic mass is 35.5. The molecule has 100 valence electrons. The average molecular weight is 261 g/mol. The minimum Gasteiger partial charge on any atom is -0.341 e. The number of nitrogens with one attached hydrogen (secondary N) is 1. The molecule has 1 aliphatic carbocycles. The number of halogens is 1. The molecule has 1 aliphatic heterocycles. The molecule has 1 atom stereocenters. The van der Waals surface area contributed by atoms with Gasteiger partial charge in [-0.15, -0.1) is 12.4 Å². The molecule has 2 fully saturated rings. The van der Waals surface area contributed by atoms with Crippen molar-refractivity contribution in [3.05, 3.63) is 0 Å². The van der Waals surface area contributed by atoms with Crippen molar-refractivity contribution in [1.82, 2.24) is 10.2 Å². The van der Waals surface area contributed by atoms with Crippen molar-refractivity contribution in [3.63, 3.8) is 0 Å². The molecular weight excluding hydrogens is 236 g/mol. The maximum Gasteiger partial charge on any atom is 0.228 e. The lowest BCUT2D eigenvalue weighted by molar-refractivity contribution is -0.141. The molecule has 0 radical (unpaired) electrons. The van der Waals surface area contributed by atoms with Gasteiger partial charge in [-0.05, 0) is 32.7 Å². The predicted molar refractivity (Wildman–Crippen MR) is 72.5 cm³/mol. The lowest BCUT2D eigenvalue weighted by Crippen LogP contribution is -2.42. The Bertz CT molecular complexity index is 264. The Balaban J connectivity index is 0.00000144. The van der Waals surface area contributed by atoms with Crippen LogP contribution < -0.4 is 5.32 Å². The van der Waals surface area contributed by atoms with Crippen LogP contribution in [0.5, 0.6) is 0 Å². The molecular formula is C13H25ClN2O. The van der Waals surface area contributed by atoms with Crippen LogP contribution in [0.3, 0.4) is 0 Å². The third-order valence-corrected chi connectivity index (χ3v) is 4.57. The maximum absolute atomic E-state index is 12.6. The lowest BCUT2D eigenvalue weighted by atomic mass is 9.82. The van der Waals surface area contributed by atoms with Crippen molar-refractivity contribution in [1.29, 1.82) is 0 Å². The van der Waals surface area contributed by atoms with E-state index in [4.69, 9.17) is 0 Å². The standard InChI is InChI=1S/C13H24N2O.ClH/c1-3-13(7-4-5-8-13)12(16)15-9-6-11(10-15)14-2;/h11,14H,3-10H2,1-2H3;1H. The first-order valence-corrected chi connectivity index (χ1v) is 6.68. The quantitative estimate of drug-likeness (QED) is 0.844. The fraction of sp³-hybridized carbons (Fsp3) is 0.923. The summed E-state index contributed by atoms with van der Waals surface area (Å²) in [6.45, 7) is 4.04. The first-order chi connectivity index (χ1) is 7.72. The highest BCUT2D eigenvalue weighted by molar-refractivity contribution is 5.85. The molecule has 0 aromatic heterocycles. The van der Waals surface area contributed by atoms with Gasteiger partial charge in [-0.2, -0.15) is 0 Å². The summed E-state index contributed by atoms with van der Waals surface area (Å²) in [4.78, 5) is 14.7. The van der Waals surface area contributed by atoms with Crippen molar-refractivity contribution in [3.8, 4) is 0 Å². The van der Waals surface area contributed by atoms with Crippen LogP contribution in [0.15, 0.2) is 0 Å². The number of hydrogen-bond acceptors (Lipinski definition) is 2. The molecule has 17 heavy (non-hydrogen) atoms. The molecule has 1 unspecified atom stereocenters. The van der Waals surface area contributed by atoms with Crippen LogP contribution in [0.25, 0.3) is 0 Å². The first-order valence-electron chi connectivity index (χ1n) is 6.68. The summed E-state index contributed by atoms with van der Waals surface area (Å²) in [5, 5.41) is 3.28. The van der Waals surface area contributed by atoms with Crippen LogP contribution in [0.2, 0.25) is 0 Å². The minimum absolute atomic E-state index is 0. The molecule has 0 aromatic rings. The molecule has 3 nitrogen and oxygen atoms in total. The Labute approximate surface area is 111 Å². The lowest BCUT2D eigenvalue weighted by Gasteiger charge is -2.31. The number of carbonyl (C=O) groups excluding carboxylic acids is 1. The normalized spacial score (nSPS) is 26.9. The molecule has 1 saturated heterocycles. The number of nitrogens with zero attached hydrogens (tertiary/aromatic N) is 1. The van der Waals surface area contributed by atoms with E-state index in [1.807, 2.05) is 7.05 Å². The summed E-state index contributed by atoms with van der Waals surface area (Å²) in [5.74, 6) is 0.435. The molecule has 2 aliphatic rings. The van der Waals surface area contributed by atoms with Crippen LogP contribution in [0, 0.1) is 5.41 Å². The summed E-state index contributed by atoms with van der Waals surface area (Å²) in [7, 11) is 1.99. The first kappa shape index (κ1) is 14.8. The zero-order chi connectivity index (χ0) is 11.6. The molecule has 4 heteroatoms. The monoisotopic (exact) mass is 260 g/mol. The van der Waals surface area contributed by atoms with E-state index < -0.39 is 0 Å². The van der Waals surface area contributed by atoms with Crippen LogP contribution in [0.1, 0.15) is 45.4 Å². The van der Waals surface area contributed by atoms with Gasteiger partial charge in [0.2, 0.25) is 5.91 Å². The van der Waals surface area contributed by atoms with Crippen LogP contribution in [-0.4, -0.2) is 37.0 Å². The fourth-order valence-electron chi connectivity index (χ4n) is 3.29. The van der Waals surface area contributed by atoms with Gasteiger partial charge in [-0.25, -0.2) is 0 Å². The van der Waals surface area contributed by atoms with E-state index in [9.17, 15) is 4.79 Å². The number of amides is 1. The Morgan fingerprint density at radius 1 is 1.41 bits per heavy atom. The second-order valence-electron chi connectivity index (χ2n) is 5.37. The van der Waals surface area contributed by atoms with Crippen molar-refractivity contribution in [2.45, 2.75) is 51.5 Å². The highest BCUT2D eigenvalue weighted by Gasteiger charge is 2.43. The van der Waals surface area contributed by atoms with Gasteiger partial charge in [0.1, 0.15) is 0 Å². The summed E-state index contributed by atoms with van der Waals surface area (Å²) in [5.41, 5.74) is 0.00261. The smallest absolute Gasteiger partial charge is 0.228 e. The average Bonchev–Trinajstić information content (AvgIpc) is 2.98. The summed E-state index contributed by atoms with van der Waals surface area (Å²) >= 11 is 0. The second kappa shape index (κ2) is 6.05. The van der Waals surface area contributed by atoms with Crippen LogP contribution in [-0.2, 0) is 4.79 Å². The molecule has 1 heterocycles. The van der Waals surface area contributed by atoms with E-state index >= 15 is 0 Å². The molecule has 2 rings (SSSR count). The van der Waals surface area contributed by atoms with Gasteiger partial charge >= 0.3 is 0 Å². The zero-order valence-electron chi connectivity index (χ0n) is 11.0. The Morgan fingerprint density at radius 3 is 2.53 bits per heavy atom. The molecule has 0 bridgehead atoms. The fourth-order valence-corrected chi connectivity index (χ4v) is 3.29. The van der Waals surface area contributed by atoms with Crippen molar-refractivity contribution in [2.75, 3.05) is 20.1 Å². The SMILES string of the molecule is CCC1(C(=O)N2CCC(NC)C2)CCCC1.Cl. The van der Waals surface area contributed by atoms with Gasteiger partial charge in [0.05, 0.1) is 0 Å². The molecule has 1 saturated carbocycles. The Hall–Kier alpha value is -0.280. The summed E-state index contributed by atoms with van der Waals surface area (Å²) < 4.78 is 0. The zero-order valence-corrected chi connectivity index (χ0v) is 11.8. The maximum atomic E-state index is 12.6. The Morgan fingerprint density at radius 2 is 2.06 bits per heavy atom. The number of likely N-dealkylation sites (tertiary alicyclic amines) is 1. The van der Waals surface area contributed by atoms with Crippen LogP contribution in [0.4, 0.5) is 0 Å². The largest absolute Gasteiger partial charge is 0.341 e. The number of hydrogen-bond donors (Lipinski definition) is 1. The minimum atomic E-state index is 0. The van der Waals surface area contributed by atoms with E-state index in [-0.39, 0.29) is 17.8 Å². The van der Waals surface area contributed by atoms with E-state index in [2.05, 4.69) is 17.1 Å². The van der Waals surface area contributed by atoms with Gasteiger partial charge in [0.25, 0.3) is 0 Å². The Kier molecular flexibility index (Phi) is 5.26. The van der Waals surface area contributed by atoms with E-state index in [0.717, 1.165) is 38.8 Å². The highest BCUT2D eigenvalue weighted by Crippen LogP contribution is 2.42. The van der Waals surface area contributed by atoms with Crippen molar-refractivity contribution in [2.24, 2.45) is 5.41 Å². The third kappa shape index (κ3) is 2.76. The molecule has 0 spiro atoms. The van der Waals surface area contributed by atoms with Crippen molar-refractivity contribution >= 4 is 18.3 Å². The molecule has 1 N–H and O–H groups in total. The van der Waals surface area contributed by atoms with Gasteiger partial charge in [0.15, 0.2) is 0 Å². The third-order valence-electron chi connectivity index (χ3n) is 4.57. The topological polar surface area (TPSA) is 32.3 Å². The van der Waals surface area contributed by atoms with E-state index in [1.54, 1.807) is 0 Å². The predicted octanol–water partition coefficient (Wildman–Crippen LogP) is 2.20. The van der Waals surface area contributed by atoms with Gasteiger partial charge in [-0.1, -0.05) is 19.8 Å². The number of likely N-dealkylation sites (N-methyl/N-ethyl adjacent to an activating group) is 1. The van der Waals surface area contributed by atoms with E-state index in [0.29, 0.717) is 11.9 Å². The number of rotatable bonds is 3. The van der Waals surface area contributed by atoms with Crippen LogP contribution >= 0.6 is 12.4 Å². The van der Waals surface area contributed by atoms with Gasteiger partial charge in [0, 0.05) is 24.5 Å².